The molecule has 20 heavy (non-hydrogen) atoms. The van der Waals surface area contributed by atoms with Crippen LogP contribution in [0.3, 0.4) is 0 Å². The van der Waals surface area contributed by atoms with Gasteiger partial charge < -0.3 is 10.0 Å². The van der Waals surface area contributed by atoms with Crippen LogP contribution in [-0.4, -0.2) is 44.5 Å². The zero-order chi connectivity index (χ0) is 14.1. The molecule has 1 saturated heterocycles. The fourth-order valence-corrected chi connectivity index (χ4v) is 2.53. The molecule has 0 amide bonds. The average molecular weight is 277 g/mol. The van der Waals surface area contributed by atoms with Crippen LogP contribution in [0.2, 0.25) is 0 Å². The van der Waals surface area contributed by atoms with E-state index in [1.54, 1.807) is 0 Å². The summed E-state index contributed by atoms with van der Waals surface area (Å²) >= 11 is 0. The zero-order valence-corrected chi connectivity index (χ0v) is 11.1. The minimum atomic E-state index is -0.461. The molecule has 1 fully saturated rings. The number of anilines is 1. The molecule has 2 aromatic rings. The van der Waals surface area contributed by atoms with Gasteiger partial charge in [-0.05, 0) is 19.4 Å². The molecule has 6 nitrogen and oxygen atoms in total. The van der Waals surface area contributed by atoms with E-state index in [9.17, 15) is 9.50 Å². The third kappa shape index (κ3) is 2.62. The quantitative estimate of drug-likeness (QED) is 0.863. The van der Waals surface area contributed by atoms with Crippen molar-refractivity contribution in [1.82, 2.24) is 20.2 Å². The number of aliphatic hydroxyl groups is 1. The Morgan fingerprint density at radius 3 is 2.80 bits per heavy atom. The molecule has 2 N–H and O–H groups in total. The molecule has 7 heteroatoms. The van der Waals surface area contributed by atoms with Crippen LogP contribution in [0.25, 0.3) is 0 Å². The zero-order valence-electron chi connectivity index (χ0n) is 11.1. The number of H-pyrrole nitrogens is 1. The van der Waals surface area contributed by atoms with E-state index in [4.69, 9.17) is 0 Å². The number of hydrogen-bond donors (Lipinski definition) is 2. The maximum Gasteiger partial charge on any atom is 0.225 e. The first-order valence-electron chi connectivity index (χ1n) is 6.53. The van der Waals surface area contributed by atoms with Gasteiger partial charge in [-0.2, -0.15) is 5.10 Å². The topological polar surface area (TPSA) is 77.9 Å². The van der Waals surface area contributed by atoms with Gasteiger partial charge in [0.15, 0.2) is 5.82 Å². The Labute approximate surface area is 115 Å². The van der Waals surface area contributed by atoms with Crippen molar-refractivity contribution in [2.45, 2.75) is 19.4 Å². The smallest absolute Gasteiger partial charge is 0.225 e. The van der Waals surface area contributed by atoms with Gasteiger partial charge in [0, 0.05) is 24.7 Å². The highest BCUT2D eigenvalue weighted by atomic mass is 19.1. The number of nitrogens with one attached hydrogen (secondary N) is 1. The van der Waals surface area contributed by atoms with E-state index in [0.29, 0.717) is 25.5 Å². The average Bonchev–Trinajstić information content (AvgIpc) is 2.98. The van der Waals surface area contributed by atoms with Crippen molar-refractivity contribution in [3.8, 4) is 0 Å². The summed E-state index contributed by atoms with van der Waals surface area (Å²) < 4.78 is 12.8. The van der Waals surface area contributed by atoms with Gasteiger partial charge in [-0.1, -0.05) is 0 Å². The molecule has 3 heterocycles. The molecule has 2 aromatic heterocycles. The highest BCUT2D eigenvalue weighted by molar-refractivity contribution is 5.32. The summed E-state index contributed by atoms with van der Waals surface area (Å²) in [4.78, 5) is 9.76. The van der Waals surface area contributed by atoms with E-state index in [1.807, 2.05) is 17.9 Å². The van der Waals surface area contributed by atoms with Crippen LogP contribution in [0, 0.1) is 18.7 Å². The lowest BCUT2D eigenvalue weighted by atomic mass is 10.0. The summed E-state index contributed by atoms with van der Waals surface area (Å²) in [6.07, 6.45) is 2.52. The second-order valence-corrected chi connectivity index (χ2v) is 5.18. The number of aryl methyl sites for hydroxylation is 1. The van der Waals surface area contributed by atoms with Gasteiger partial charge >= 0.3 is 0 Å². The normalized spacial score (nSPS) is 22.4. The summed E-state index contributed by atoms with van der Waals surface area (Å²) in [7, 11) is 0. The van der Waals surface area contributed by atoms with Crippen LogP contribution in [-0.2, 0) is 6.42 Å². The second-order valence-electron chi connectivity index (χ2n) is 5.18. The third-order valence-electron chi connectivity index (χ3n) is 3.53. The highest BCUT2D eigenvalue weighted by Crippen LogP contribution is 2.23. The molecule has 106 valence electrons. The van der Waals surface area contributed by atoms with E-state index < -0.39 is 11.9 Å². The van der Waals surface area contributed by atoms with Crippen LogP contribution < -0.4 is 4.90 Å². The molecular weight excluding hydrogens is 261 g/mol. The predicted molar refractivity (Wildman–Crippen MR) is 70.7 cm³/mol. The number of aromatic amines is 1. The molecule has 0 aromatic carbocycles. The Balaban J connectivity index is 1.68. The molecule has 0 aliphatic carbocycles. The van der Waals surface area contributed by atoms with Crippen LogP contribution in [0.5, 0.6) is 0 Å². The van der Waals surface area contributed by atoms with Gasteiger partial charge in [0.25, 0.3) is 0 Å². The Kier molecular flexibility index (Phi) is 3.35. The maximum atomic E-state index is 12.8. The summed E-state index contributed by atoms with van der Waals surface area (Å²) in [6.45, 7) is 3.04. The summed E-state index contributed by atoms with van der Waals surface area (Å²) in [5.74, 6) is 0.0644. The van der Waals surface area contributed by atoms with E-state index in [-0.39, 0.29) is 5.92 Å². The molecule has 0 bridgehead atoms. The minimum Gasteiger partial charge on any atom is -0.391 e. The standard InChI is InChI=1S/C13H16FN5O/c1-8-2-11(18-17-8)3-9-6-19(7-12(9)20)13-15-4-10(14)5-16-13/h2,4-5,9,12,20H,3,6-7H2,1H3,(H,17,18)/t9-,12-/m1/s1. The van der Waals surface area contributed by atoms with E-state index in [1.165, 1.54) is 0 Å². The molecule has 1 aliphatic rings. The van der Waals surface area contributed by atoms with Crippen LogP contribution in [0.15, 0.2) is 18.5 Å². The van der Waals surface area contributed by atoms with Crippen molar-refractivity contribution in [3.05, 3.63) is 35.7 Å². The molecule has 0 spiro atoms. The maximum absolute atomic E-state index is 12.8. The fourth-order valence-electron chi connectivity index (χ4n) is 2.53. The molecule has 1 aliphatic heterocycles. The van der Waals surface area contributed by atoms with Crippen molar-refractivity contribution in [2.75, 3.05) is 18.0 Å². The molecule has 3 rings (SSSR count). The predicted octanol–water partition coefficient (Wildman–Crippen LogP) is 0.687. The van der Waals surface area contributed by atoms with Crippen LogP contribution in [0.1, 0.15) is 11.4 Å². The molecular formula is C13H16FN5O. The molecule has 0 unspecified atom stereocenters. The monoisotopic (exact) mass is 277 g/mol. The number of nitrogens with zero attached hydrogens (tertiary/aromatic N) is 4. The number of aromatic nitrogens is 4. The minimum absolute atomic E-state index is 0.0753. The van der Waals surface area contributed by atoms with E-state index in [0.717, 1.165) is 23.8 Å². The van der Waals surface area contributed by atoms with Crippen molar-refractivity contribution in [3.63, 3.8) is 0 Å². The molecule has 0 saturated carbocycles. The van der Waals surface area contributed by atoms with Gasteiger partial charge in [-0.25, -0.2) is 14.4 Å². The first-order valence-corrected chi connectivity index (χ1v) is 6.53. The highest BCUT2D eigenvalue weighted by Gasteiger charge is 2.33. The summed E-state index contributed by atoms with van der Waals surface area (Å²) in [6, 6.07) is 1.98. The van der Waals surface area contributed by atoms with Crippen molar-refractivity contribution in [1.29, 1.82) is 0 Å². The van der Waals surface area contributed by atoms with Crippen LogP contribution >= 0.6 is 0 Å². The third-order valence-corrected chi connectivity index (χ3v) is 3.53. The van der Waals surface area contributed by atoms with Gasteiger partial charge in [0.2, 0.25) is 5.95 Å². The number of β-amino-alcohol motifs (C(OH)–C–C–N with tert-alkyl or cyclic N) is 1. The van der Waals surface area contributed by atoms with Gasteiger partial charge in [0.1, 0.15) is 0 Å². The van der Waals surface area contributed by atoms with E-state index in [2.05, 4.69) is 20.2 Å². The number of rotatable bonds is 3. The fraction of sp³-hybridized carbons (Fsp3) is 0.462. The summed E-state index contributed by atoms with van der Waals surface area (Å²) in [5, 5.41) is 17.2. The SMILES string of the molecule is Cc1cc(C[C@@H]2CN(c3ncc(F)cn3)C[C@H]2O)n[nH]1. The van der Waals surface area contributed by atoms with Crippen molar-refractivity contribution < 1.29 is 9.50 Å². The van der Waals surface area contributed by atoms with Gasteiger partial charge in [0.05, 0.1) is 24.2 Å². The Bertz CT molecular complexity index is 585. The Morgan fingerprint density at radius 2 is 2.15 bits per heavy atom. The molecule has 2 atom stereocenters. The van der Waals surface area contributed by atoms with Gasteiger partial charge in [-0.15, -0.1) is 0 Å². The lowest BCUT2D eigenvalue weighted by Crippen LogP contribution is -2.23. The summed E-state index contributed by atoms with van der Waals surface area (Å²) in [5.41, 5.74) is 1.94. The Hall–Kier alpha value is -2.02. The van der Waals surface area contributed by atoms with Crippen molar-refractivity contribution >= 4 is 5.95 Å². The van der Waals surface area contributed by atoms with Gasteiger partial charge in [-0.3, -0.25) is 5.10 Å². The van der Waals surface area contributed by atoms with Crippen molar-refractivity contribution in [2.24, 2.45) is 5.92 Å². The first-order chi connectivity index (χ1) is 9.61. The molecule has 0 radical (unpaired) electrons. The number of halogens is 1. The largest absolute Gasteiger partial charge is 0.391 e. The Morgan fingerprint density at radius 1 is 1.40 bits per heavy atom. The first kappa shape index (κ1) is 13.0. The van der Waals surface area contributed by atoms with Crippen LogP contribution in [0.4, 0.5) is 10.3 Å². The lowest BCUT2D eigenvalue weighted by molar-refractivity contribution is 0.148. The number of aliphatic hydroxyl groups excluding tert-OH is 1. The number of hydrogen-bond acceptors (Lipinski definition) is 5. The van der Waals surface area contributed by atoms with E-state index >= 15 is 0 Å². The lowest BCUT2D eigenvalue weighted by Gasteiger charge is -2.14. The second kappa shape index (κ2) is 5.16.